The first-order valence-corrected chi connectivity index (χ1v) is 10.4. The molecule has 4 rings (SSSR count). The van der Waals surface area contributed by atoms with E-state index in [-0.39, 0.29) is 11.5 Å². The highest BCUT2D eigenvalue weighted by molar-refractivity contribution is 5.86. The molecule has 4 aliphatic rings. The van der Waals surface area contributed by atoms with Crippen LogP contribution in [0.25, 0.3) is 0 Å². The molecule has 0 aromatic heterocycles. The molecular weight excluding hydrogens is 312 g/mol. The highest BCUT2D eigenvalue weighted by Crippen LogP contribution is 2.67. The fraction of sp³-hybridized carbons (Fsp3) is 0.864. The second kappa shape index (κ2) is 5.84. The summed E-state index contributed by atoms with van der Waals surface area (Å²) in [6.45, 7) is 6.89. The first-order valence-electron chi connectivity index (χ1n) is 10.4. The Morgan fingerprint density at radius 1 is 1.12 bits per heavy atom. The Bertz CT molecular complexity index is 594. The summed E-state index contributed by atoms with van der Waals surface area (Å²) in [6.07, 6.45) is 11.0. The molecule has 3 heteroatoms. The van der Waals surface area contributed by atoms with Gasteiger partial charge < -0.3 is 10.2 Å². The lowest BCUT2D eigenvalue weighted by molar-refractivity contribution is -0.134. The molecule has 140 valence electrons. The highest BCUT2D eigenvalue weighted by atomic mass is 16.4. The number of hydrogen-bond donors (Lipinski definition) is 2. The van der Waals surface area contributed by atoms with Gasteiger partial charge >= 0.3 is 5.97 Å². The third kappa shape index (κ3) is 2.44. The predicted molar refractivity (Wildman–Crippen MR) is 98.0 cm³/mol. The molecule has 25 heavy (non-hydrogen) atoms. The first-order chi connectivity index (χ1) is 11.8. The third-order valence-corrected chi connectivity index (χ3v) is 9.25. The predicted octanol–water partition coefficient (Wildman–Crippen LogP) is 4.65. The standard InChI is InChI=1S/C22H34O3/c1-13(23)17-6-7-18-16-5-4-15-12-14(20(24)25)8-10-21(15,2)19(16)9-11-22(17,18)3/h8,13,15-19,23H,4-7,9-12H2,1-3H3,(H,24,25)/t13-,15-,16-,17+,18-,19-,21-,22+/m0/s1. The van der Waals surface area contributed by atoms with Crippen molar-refractivity contribution in [3.05, 3.63) is 11.6 Å². The molecular formula is C22H34O3. The van der Waals surface area contributed by atoms with Gasteiger partial charge in [0.15, 0.2) is 0 Å². The zero-order valence-corrected chi connectivity index (χ0v) is 16.0. The van der Waals surface area contributed by atoms with Crippen molar-refractivity contribution >= 4 is 5.97 Å². The largest absolute Gasteiger partial charge is 0.478 e. The fourth-order valence-electron chi connectivity index (χ4n) is 7.89. The summed E-state index contributed by atoms with van der Waals surface area (Å²) < 4.78 is 0. The van der Waals surface area contributed by atoms with Crippen molar-refractivity contribution in [2.45, 2.75) is 78.2 Å². The van der Waals surface area contributed by atoms with Crippen molar-refractivity contribution in [3.8, 4) is 0 Å². The Labute approximate surface area is 151 Å². The van der Waals surface area contributed by atoms with Gasteiger partial charge in [-0.2, -0.15) is 0 Å². The maximum atomic E-state index is 11.4. The van der Waals surface area contributed by atoms with Crippen molar-refractivity contribution < 1.29 is 15.0 Å². The van der Waals surface area contributed by atoms with Crippen LogP contribution in [0, 0.1) is 40.4 Å². The molecule has 0 unspecified atom stereocenters. The van der Waals surface area contributed by atoms with Crippen LogP contribution in [0.1, 0.15) is 72.1 Å². The number of aliphatic hydroxyl groups excluding tert-OH is 1. The van der Waals surface area contributed by atoms with Crippen LogP contribution in [0.15, 0.2) is 11.6 Å². The van der Waals surface area contributed by atoms with E-state index in [0.717, 1.165) is 30.6 Å². The highest BCUT2D eigenvalue weighted by Gasteiger charge is 2.60. The Hall–Kier alpha value is -0.830. The molecule has 0 aromatic carbocycles. The van der Waals surface area contributed by atoms with E-state index in [4.69, 9.17) is 0 Å². The normalized spacial score (nSPS) is 50.2. The quantitative estimate of drug-likeness (QED) is 0.765. The van der Waals surface area contributed by atoms with Gasteiger partial charge in [0.2, 0.25) is 0 Å². The SMILES string of the molecule is C[C@H](O)[C@H]1CC[C@H]2[C@@H]3CC[C@H]4CC(C(=O)O)=CC[C@]4(C)[C@H]3CC[C@]12C. The minimum atomic E-state index is -0.712. The van der Waals surface area contributed by atoms with Crippen LogP contribution in [-0.2, 0) is 4.79 Å². The average molecular weight is 347 g/mol. The van der Waals surface area contributed by atoms with Crippen LogP contribution in [-0.4, -0.2) is 22.3 Å². The topological polar surface area (TPSA) is 57.5 Å². The van der Waals surface area contributed by atoms with Crippen LogP contribution in [0.5, 0.6) is 0 Å². The van der Waals surface area contributed by atoms with E-state index in [1.165, 1.54) is 38.5 Å². The van der Waals surface area contributed by atoms with Crippen molar-refractivity contribution in [1.29, 1.82) is 0 Å². The van der Waals surface area contributed by atoms with Gasteiger partial charge in [-0.3, -0.25) is 0 Å². The molecule has 3 saturated carbocycles. The summed E-state index contributed by atoms with van der Waals surface area (Å²) in [7, 11) is 0. The average Bonchev–Trinajstić information content (AvgIpc) is 2.91. The molecule has 2 N–H and O–H groups in total. The van der Waals surface area contributed by atoms with Gasteiger partial charge in [0.1, 0.15) is 0 Å². The summed E-state index contributed by atoms with van der Waals surface area (Å²) in [5.74, 6) is 2.58. The van der Waals surface area contributed by atoms with Gasteiger partial charge in [-0.15, -0.1) is 0 Å². The molecule has 0 aliphatic heterocycles. The Kier molecular flexibility index (Phi) is 4.10. The second-order valence-electron chi connectivity index (χ2n) is 10.1. The maximum absolute atomic E-state index is 11.4. The second-order valence-corrected chi connectivity index (χ2v) is 10.1. The third-order valence-electron chi connectivity index (χ3n) is 9.25. The van der Waals surface area contributed by atoms with Crippen LogP contribution >= 0.6 is 0 Å². The molecule has 3 nitrogen and oxygen atoms in total. The van der Waals surface area contributed by atoms with Crippen LogP contribution < -0.4 is 0 Å². The molecule has 8 atom stereocenters. The Morgan fingerprint density at radius 3 is 2.52 bits per heavy atom. The van der Waals surface area contributed by atoms with E-state index >= 15 is 0 Å². The summed E-state index contributed by atoms with van der Waals surface area (Å²) in [5, 5.41) is 19.7. The number of carboxylic acids is 1. The number of allylic oxidation sites excluding steroid dienone is 1. The van der Waals surface area contributed by atoms with Gasteiger partial charge in [0.25, 0.3) is 0 Å². The van der Waals surface area contributed by atoms with E-state index < -0.39 is 5.97 Å². The summed E-state index contributed by atoms with van der Waals surface area (Å²) >= 11 is 0. The molecule has 4 aliphatic carbocycles. The number of aliphatic carboxylic acids is 1. The Morgan fingerprint density at radius 2 is 1.84 bits per heavy atom. The molecule has 0 spiro atoms. The zero-order valence-electron chi connectivity index (χ0n) is 16.0. The Balaban J connectivity index is 1.61. The van der Waals surface area contributed by atoms with Crippen molar-refractivity contribution in [2.75, 3.05) is 0 Å². The fourth-order valence-corrected chi connectivity index (χ4v) is 7.89. The van der Waals surface area contributed by atoms with Crippen LogP contribution in [0.3, 0.4) is 0 Å². The lowest BCUT2D eigenvalue weighted by Crippen LogP contribution is -2.53. The summed E-state index contributed by atoms with van der Waals surface area (Å²) in [6, 6.07) is 0. The van der Waals surface area contributed by atoms with Crippen LogP contribution in [0.4, 0.5) is 0 Å². The summed E-state index contributed by atoms with van der Waals surface area (Å²) in [5.41, 5.74) is 1.25. The van der Waals surface area contributed by atoms with Crippen molar-refractivity contribution in [2.24, 2.45) is 40.4 Å². The maximum Gasteiger partial charge on any atom is 0.331 e. The van der Waals surface area contributed by atoms with Gasteiger partial charge in [0, 0.05) is 5.57 Å². The number of fused-ring (bicyclic) bond motifs is 5. The number of carbonyl (C=O) groups is 1. The van der Waals surface area contributed by atoms with Crippen molar-refractivity contribution in [1.82, 2.24) is 0 Å². The molecule has 0 saturated heterocycles. The molecule has 0 amide bonds. The molecule has 0 radical (unpaired) electrons. The molecule has 0 bridgehead atoms. The minimum Gasteiger partial charge on any atom is -0.478 e. The van der Waals surface area contributed by atoms with Gasteiger partial charge in [-0.05, 0) is 98.7 Å². The molecule has 3 fully saturated rings. The number of hydrogen-bond acceptors (Lipinski definition) is 2. The number of aliphatic hydroxyl groups is 1. The van der Waals surface area contributed by atoms with Gasteiger partial charge in [0.05, 0.1) is 6.10 Å². The molecule has 0 aromatic rings. The lowest BCUT2D eigenvalue weighted by Gasteiger charge is -2.60. The number of rotatable bonds is 2. The molecule has 0 heterocycles. The van der Waals surface area contributed by atoms with Crippen molar-refractivity contribution in [3.63, 3.8) is 0 Å². The van der Waals surface area contributed by atoms with E-state index in [0.29, 0.717) is 22.8 Å². The summed E-state index contributed by atoms with van der Waals surface area (Å²) in [4.78, 5) is 11.4. The van der Waals surface area contributed by atoms with E-state index in [2.05, 4.69) is 13.8 Å². The zero-order chi connectivity index (χ0) is 18.0. The smallest absolute Gasteiger partial charge is 0.331 e. The van der Waals surface area contributed by atoms with Gasteiger partial charge in [-0.1, -0.05) is 19.9 Å². The van der Waals surface area contributed by atoms with Gasteiger partial charge in [-0.25, -0.2) is 4.79 Å². The minimum absolute atomic E-state index is 0.186. The van der Waals surface area contributed by atoms with Crippen LogP contribution in [0.2, 0.25) is 0 Å². The number of carboxylic acid groups (broad SMARTS) is 1. The lowest BCUT2D eigenvalue weighted by atomic mass is 9.45. The monoisotopic (exact) mass is 346 g/mol. The first kappa shape index (κ1) is 17.6. The van der Waals surface area contributed by atoms with E-state index in [1.54, 1.807) is 0 Å². The van der Waals surface area contributed by atoms with E-state index in [1.807, 2.05) is 13.0 Å². The van der Waals surface area contributed by atoms with E-state index in [9.17, 15) is 15.0 Å².